The highest BCUT2D eigenvalue weighted by Crippen LogP contribution is 2.57. The zero-order chi connectivity index (χ0) is 15.8. The van der Waals surface area contributed by atoms with Crippen LogP contribution in [0.4, 0.5) is 0 Å². The summed E-state index contributed by atoms with van der Waals surface area (Å²) >= 11 is 0. The van der Waals surface area contributed by atoms with Crippen molar-refractivity contribution >= 4 is 11.6 Å². The quantitative estimate of drug-likeness (QED) is 0.574. The number of hydrogen-bond acceptors (Lipinski definition) is 3. The molecule has 1 fully saturated rings. The van der Waals surface area contributed by atoms with Crippen LogP contribution in [0.25, 0.3) is 0 Å². The monoisotopic (exact) mass is 288 g/mol. The van der Waals surface area contributed by atoms with E-state index in [4.69, 9.17) is 4.74 Å². The van der Waals surface area contributed by atoms with E-state index in [2.05, 4.69) is 27.0 Å². The third-order valence-corrected chi connectivity index (χ3v) is 5.33. The van der Waals surface area contributed by atoms with Gasteiger partial charge in [0.1, 0.15) is 5.76 Å². The van der Waals surface area contributed by atoms with Crippen molar-refractivity contribution in [1.82, 2.24) is 0 Å². The van der Waals surface area contributed by atoms with Gasteiger partial charge in [-0.3, -0.25) is 9.59 Å². The van der Waals surface area contributed by atoms with Gasteiger partial charge in [0.2, 0.25) is 0 Å². The zero-order valence-corrected chi connectivity index (χ0v) is 13.1. The Morgan fingerprint density at radius 2 is 2.00 bits per heavy atom. The molecule has 0 amide bonds. The van der Waals surface area contributed by atoms with E-state index in [9.17, 15) is 9.59 Å². The van der Waals surface area contributed by atoms with E-state index in [1.807, 2.05) is 6.08 Å². The third-order valence-electron chi connectivity index (χ3n) is 5.33. The van der Waals surface area contributed by atoms with E-state index in [1.54, 1.807) is 6.08 Å². The van der Waals surface area contributed by atoms with Crippen molar-refractivity contribution in [3.63, 3.8) is 0 Å². The van der Waals surface area contributed by atoms with Gasteiger partial charge in [0.25, 0.3) is 0 Å². The normalized spacial score (nSPS) is 34.1. The maximum atomic E-state index is 13.0. The molecule has 0 N–H and O–H groups in total. The Bertz CT molecular complexity index is 527. The topological polar surface area (TPSA) is 43.4 Å². The molecular formula is C18H24O3. The fourth-order valence-corrected chi connectivity index (χ4v) is 4.00. The lowest BCUT2D eigenvalue weighted by Gasteiger charge is -2.53. The van der Waals surface area contributed by atoms with E-state index >= 15 is 0 Å². The summed E-state index contributed by atoms with van der Waals surface area (Å²) in [6.45, 7) is 11.7. The van der Waals surface area contributed by atoms with Crippen molar-refractivity contribution in [3.8, 4) is 0 Å². The maximum absolute atomic E-state index is 13.0. The molecule has 0 aromatic carbocycles. The molecule has 2 unspecified atom stereocenters. The summed E-state index contributed by atoms with van der Waals surface area (Å²) in [6, 6.07) is 0. The first kappa shape index (κ1) is 15.7. The summed E-state index contributed by atoms with van der Waals surface area (Å²) < 4.78 is 5.37. The second kappa shape index (κ2) is 5.28. The van der Waals surface area contributed by atoms with E-state index in [0.29, 0.717) is 18.6 Å². The summed E-state index contributed by atoms with van der Waals surface area (Å²) in [5.41, 5.74) is -1.20. The lowest BCUT2D eigenvalue weighted by atomic mass is 9.48. The fourth-order valence-electron chi connectivity index (χ4n) is 4.00. The van der Waals surface area contributed by atoms with E-state index in [0.717, 1.165) is 6.42 Å². The fraction of sp³-hybridized carbons (Fsp3) is 0.556. The summed E-state index contributed by atoms with van der Waals surface area (Å²) in [5.74, 6) is 0.227. The largest absolute Gasteiger partial charge is 0.500 e. The number of carbonyl (C=O) groups excluding carboxylic acids is 2. The smallest absolute Gasteiger partial charge is 0.172 e. The summed E-state index contributed by atoms with van der Waals surface area (Å²) in [6.07, 6.45) is 6.85. The van der Waals surface area contributed by atoms with Crippen LogP contribution in [0.2, 0.25) is 0 Å². The maximum Gasteiger partial charge on any atom is 0.172 e. The van der Waals surface area contributed by atoms with Crippen LogP contribution in [0.3, 0.4) is 0 Å². The summed E-state index contributed by atoms with van der Waals surface area (Å²) in [5, 5.41) is 0. The Morgan fingerprint density at radius 3 is 2.52 bits per heavy atom. The van der Waals surface area contributed by atoms with Gasteiger partial charge in [0, 0.05) is 6.08 Å². The average molecular weight is 288 g/mol. The number of fused-ring (bicyclic) bond motifs is 2. The van der Waals surface area contributed by atoms with Gasteiger partial charge in [-0.25, -0.2) is 0 Å². The first-order valence-electron chi connectivity index (χ1n) is 7.41. The standard InChI is InChI=1S/C18H24O3/c1-6-8-12-11-18(9-7-2)14(19)10-13(21-5)15(16(18)20)17(12,3)4/h6-7,10,12,15H,1-2,8-9,11H2,3-5H3/t12?,15-,18?/m1/s1. The van der Waals surface area contributed by atoms with Crippen LogP contribution in [-0.4, -0.2) is 18.7 Å². The van der Waals surface area contributed by atoms with Crippen LogP contribution < -0.4 is 0 Å². The molecule has 3 heteroatoms. The second-order valence-electron chi connectivity index (χ2n) is 6.73. The molecule has 1 saturated carbocycles. The van der Waals surface area contributed by atoms with Crippen LogP contribution in [0.5, 0.6) is 0 Å². The minimum atomic E-state index is -0.947. The number of ether oxygens (including phenoxy) is 1. The molecule has 2 aliphatic rings. The van der Waals surface area contributed by atoms with E-state index < -0.39 is 5.41 Å². The van der Waals surface area contributed by atoms with Gasteiger partial charge in [-0.05, 0) is 30.6 Å². The van der Waals surface area contributed by atoms with Crippen molar-refractivity contribution in [1.29, 1.82) is 0 Å². The highest BCUT2D eigenvalue weighted by atomic mass is 16.5. The van der Waals surface area contributed by atoms with Crippen LogP contribution in [-0.2, 0) is 14.3 Å². The summed E-state index contributed by atoms with van der Waals surface area (Å²) in [4.78, 5) is 25.7. The zero-order valence-electron chi connectivity index (χ0n) is 13.1. The third kappa shape index (κ3) is 2.10. The van der Waals surface area contributed by atoms with E-state index in [-0.39, 0.29) is 28.8 Å². The number of methoxy groups -OCH3 is 1. The molecule has 0 spiro atoms. The first-order valence-corrected chi connectivity index (χ1v) is 7.41. The van der Waals surface area contributed by atoms with Gasteiger partial charge in [-0.15, -0.1) is 13.2 Å². The molecule has 0 aromatic heterocycles. The molecule has 0 radical (unpaired) electrons. The predicted molar refractivity (Wildman–Crippen MR) is 82.5 cm³/mol. The molecule has 3 nitrogen and oxygen atoms in total. The van der Waals surface area contributed by atoms with Crippen LogP contribution in [0, 0.1) is 22.7 Å². The van der Waals surface area contributed by atoms with Crippen LogP contribution in [0.1, 0.15) is 33.1 Å². The number of carbonyl (C=O) groups is 2. The Hall–Kier alpha value is -1.64. The second-order valence-corrected chi connectivity index (χ2v) is 6.73. The minimum Gasteiger partial charge on any atom is -0.500 e. The number of allylic oxidation sites excluding steroid dienone is 4. The molecule has 2 rings (SSSR count). The van der Waals surface area contributed by atoms with Crippen LogP contribution >= 0.6 is 0 Å². The molecule has 0 aliphatic heterocycles. The Labute approximate surface area is 126 Å². The molecule has 114 valence electrons. The van der Waals surface area contributed by atoms with Crippen molar-refractivity contribution < 1.29 is 14.3 Å². The predicted octanol–water partition coefficient (Wildman–Crippen LogP) is 3.47. The van der Waals surface area contributed by atoms with Crippen molar-refractivity contribution in [2.45, 2.75) is 33.1 Å². The van der Waals surface area contributed by atoms with Crippen molar-refractivity contribution in [2.24, 2.45) is 22.7 Å². The Balaban J connectivity index is 2.62. The molecule has 0 saturated heterocycles. The van der Waals surface area contributed by atoms with E-state index in [1.165, 1.54) is 13.2 Å². The molecule has 0 heterocycles. The van der Waals surface area contributed by atoms with Crippen LogP contribution in [0.15, 0.2) is 37.1 Å². The molecule has 0 aromatic rings. The van der Waals surface area contributed by atoms with Gasteiger partial charge < -0.3 is 4.74 Å². The van der Waals surface area contributed by atoms with Gasteiger partial charge in [0.15, 0.2) is 11.6 Å². The number of rotatable bonds is 5. The molecule has 3 atom stereocenters. The highest BCUT2D eigenvalue weighted by molar-refractivity contribution is 6.16. The average Bonchev–Trinajstić information content (AvgIpc) is 2.42. The lowest BCUT2D eigenvalue weighted by molar-refractivity contribution is -0.156. The van der Waals surface area contributed by atoms with Gasteiger partial charge in [0.05, 0.1) is 18.4 Å². The molecule has 2 aliphatic carbocycles. The Kier molecular flexibility index (Phi) is 3.96. The van der Waals surface area contributed by atoms with Crippen molar-refractivity contribution in [3.05, 3.63) is 37.1 Å². The first-order chi connectivity index (χ1) is 9.85. The summed E-state index contributed by atoms with van der Waals surface area (Å²) in [7, 11) is 1.53. The molecular weight excluding hydrogens is 264 g/mol. The number of hydrogen-bond donors (Lipinski definition) is 0. The number of ketones is 2. The number of Topliss-reactive ketones (excluding diaryl/α,β-unsaturated/α-hetero) is 1. The highest BCUT2D eigenvalue weighted by Gasteiger charge is 2.61. The van der Waals surface area contributed by atoms with Gasteiger partial charge in [-0.2, -0.15) is 0 Å². The molecule has 2 bridgehead atoms. The lowest BCUT2D eigenvalue weighted by Crippen LogP contribution is -2.58. The van der Waals surface area contributed by atoms with Crippen molar-refractivity contribution in [2.75, 3.05) is 7.11 Å². The Morgan fingerprint density at radius 1 is 1.33 bits per heavy atom. The minimum absolute atomic E-state index is 0.00272. The van der Waals surface area contributed by atoms with Gasteiger partial charge in [-0.1, -0.05) is 26.0 Å². The van der Waals surface area contributed by atoms with Gasteiger partial charge >= 0.3 is 0 Å². The SMILES string of the molecule is C=CCC1CC2(CC=C)C(=O)C=C(OC)[C@H](C2=O)C1(C)C. The molecule has 21 heavy (non-hydrogen) atoms.